The normalized spacial score (nSPS) is 12.6. The zero-order chi connectivity index (χ0) is 15.6. The van der Waals surface area contributed by atoms with Crippen molar-refractivity contribution < 1.29 is 4.79 Å². The fourth-order valence-corrected chi connectivity index (χ4v) is 2.76. The largest absolute Gasteiger partial charge is 0.341 e. The molecule has 1 amide bonds. The molecule has 0 saturated carbocycles. The molecule has 0 spiro atoms. The first-order valence-corrected chi connectivity index (χ1v) is 7.75. The Morgan fingerprint density at radius 3 is 2.67 bits per heavy atom. The highest BCUT2D eigenvalue weighted by Gasteiger charge is 2.25. The summed E-state index contributed by atoms with van der Waals surface area (Å²) in [7, 11) is 0. The highest BCUT2D eigenvalue weighted by molar-refractivity contribution is 6.16. The number of pyridine rings is 1. The number of carbonyl (C=O) groups excluding carboxylic acids is 1. The zero-order valence-corrected chi connectivity index (χ0v) is 13.7. The molecule has 0 bridgehead atoms. The number of hydrogen-bond acceptors (Lipinski definition) is 3. The van der Waals surface area contributed by atoms with Gasteiger partial charge in [0, 0.05) is 19.3 Å². The van der Waals surface area contributed by atoms with Gasteiger partial charge in [-0.15, -0.1) is 11.6 Å². The minimum absolute atomic E-state index is 0.0639. The van der Waals surface area contributed by atoms with Crippen molar-refractivity contribution in [2.45, 2.75) is 39.6 Å². The van der Waals surface area contributed by atoms with Crippen LogP contribution in [-0.4, -0.2) is 38.4 Å². The summed E-state index contributed by atoms with van der Waals surface area (Å²) in [6.07, 6.45) is 1.74. The Balaban J connectivity index is 2.54. The van der Waals surface area contributed by atoms with Gasteiger partial charge in [0.05, 0.1) is 5.88 Å². The molecule has 0 aromatic carbocycles. The lowest BCUT2D eigenvalue weighted by molar-refractivity contribution is -0.133. The van der Waals surface area contributed by atoms with Gasteiger partial charge >= 0.3 is 0 Å². The Labute approximate surface area is 129 Å². The molecular weight excluding hydrogens is 288 g/mol. The molecule has 114 valence electrons. The number of nitrogens with zero attached hydrogens (tertiary/aromatic N) is 4. The van der Waals surface area contributed by atoms with E-state index in [2.05, 4.69) is 9.97 Å². The second-order valence-electron chi connectivity index (χ2n) is 5.02. The van der Waals surface area contributed by atoms with Crippen LogP contribution in [0.4, 0.5) is 0 Å². The molecule has 5 nitrogen and oxygen atoms in total. The molecule has 2 aromatic heterocycles. The quantitative estimate of drug-likeness (QED) is 0.798. The third-order valence-electron chi connectivity index (χ3n) is 3.79. The number of aryl methyl sites for hydroxylation is 1. The third kappa shape index (κ3) is 2.75. The minimum atomic E-state index is -0.363. The molecule has 1 unspecified atom stereocenters. The highest BCUT2D eigenvalue weighted by atomic mass is 35.5. The van der Waals surface area contributed by atoms with E-state index in [-0.39, 0.29) is 17.8 Å². The van der Waals surface area contributed by atoms with Crippen LogP contribution < -0.4 is 0 Å². The van der Waals surface area contributed by atoms with Gasteiger partial charge in [0.25, 0.3) is 0 Å². The number of likely N-dealkylation sites (N-methyl/N-ethyl adjacent to an activating group) is 1. The first-order chi connectivity index (χ1) is 10.0. The second kappa shape index (κ2) is 6.43. The highest BCUT2D eigenvalue weighted by Crippen LogP contribution is 2.24. The van der Waals surface area contributed by atoms with Crippen LogP contribution in [0.1, 0.15) is 38.2 Å². The molecule has 1 atom stereocenters. The van der Waals surface area contributed by atoms with E-state index in [9.17, 15) is 4.79 Å². The molecule has 0 aliphatic carbocycles. The van der Waals surface area contributed by atoms with Crippen molar-refractivity contribution in [2.75, 3.05) is 13.1 Å². The number of aromatic nitrogens is 3. The van der Waals surface area contributed by atoms with Gasteiger partial charge in [-0.25, -0.2) is 9.97 Å². The summed E-state index contributed by atoms with van der Waals surface area (Å²) >= 11 is 6.02. The molecule has 2 aromatic rings. The maximum absolute atomic E-state index is 12.6. The zero-order valence-electron chi connectivity index (χ0n) is 12.9. The van der Waals surface area contributed by atoms with Crippen LogP contribution in [0.2, 0.25) is 0 Å². The van der Waals surface area contributed by atoms with E-state index in [1.807, 2.05) is 43.2 Å². The summed E-state index contributed by atoms with van der Waals surface area (Å²) < 4.78 is 1.86. The van der Waals surface area contributed by atoms with Crippen molar-refractivity contribution in [1.82, 2.24) is 19.4 Å². The van der Waals surface area contributed by atoms with Gasteiger partial charge in [-0.3, -0.25) is 9.36 Å². The molecule has 0 fully saturated rings. The molecular formula is C15H21ClN4O. The van der Waals surface area contributed by atoms with Gasteiger partial charge in [-0.2, -0.15) is 0 Å². The molecule has 0 saturated heterocycles. The van der Waals surface area contributed by atoms with E-state index < -0.39 is 0 Å². The summed E-state index contributed by atoms with van der Waals surface area (Å²) in [5.74, 6) is 1.00. The van der Waals surface area contributed by atoms with Crippen LogP contribution in [-0.2, 0) is 10.7 Å². The van der Waals surface area contributed by atoms with Crippen LogP contribution >= 0.6 is 11.6 Å². The van der Waals surface area contributed by atoms with Gasteiger partial charge in [0.2, 0.25) is 5.91 Å². The van der Waals surface area contributed by atoms with Gasteiger partial charge in [0.1, 0.15) is 17.4 Å². The van der Waals surface area contributed by atoms with E-state index in [4.69, 9.17) is 11.6 Å². The molecule has 0 N–H and O–H groups in total. The second-order valence-corrected chi connectivity index (χ2v) is 5.29. The molecule has 2 heterocycles. The third-order valence-corrected chi connectivity index (χ3v) is 4.03. The maximum atomic E-state index is 12.6. The average Bonchev–Trinajstić information content (AvgIpc) is 2.87. The average molecular weight is 309 g/mol. The lowest BCUT2D eigenvalue weighted by Crippen LogP contribution is -2.36. The van der Waals surface area contributed by atoms with Crippen LogP contribution in [0.15, 0.2) is 12.3 Å². The van der Waals surface area contributed by atoms with E-state index in [1.165, 1.54) is 0 Å². The maximum Gasteiger partial charge on any atom is 0.245 e. The van der Waals surface area contributed by atoms with Crippen LogP contribution in [0, 0.1) is 6.92 Å². The van der Waals surface area contributed by atoms with Gasteiger partial charge < -0.3 is 4.90 Å². The number of amides is 1. The van der Waals surface area contributed by atoms with Crippen molar-refractivity contribution in [3.8, 4) is 0 Å². The summed E-state index contributed by atoms with van der Waals surface area (Å²) in [6, 6.07) is 1.55. The molecule has 21 heavy (non-hydrogen) atoms. The van der Waals surface area contributed by atoms with Crippen molar-refractivity contribution in [2.24, 2.45) is 0 Å². The number of halogens is 1. The molecule has 2 rings (SSSR count). The Morgan fingerprint density at radius 2 is 2.10 bits per heavy atom. The Kier molecular flexibility index (Phi) is 4.83. The van der Waals surface area contributed by atoms with Gasteiger partial charge in [-0.1, -0.05) is 0 Å². The van der Waals surface area contributed by atoms with E-state index >= 15 is 0 Å². The number of imidazole rings is 1. The van der Waals surface area contributed by atoms with Crippen LogP contribution in [0.3, 0.4) is 0 Å². The lowest BCUT2D eigenvalue weighted by atomic mass is 10.2. The monoisotopic (exact) mass is 308 g/mol. The summed E-state index contributed by atoms with van der Waals surface area (Å²) in [4.78, 5) is 23.4. The Bertz CT molecular complexity index is 648. The van der Waals surface area contributed by atoms with E-state index in [0.29, 0.717) is 18.9 Å². The topological polar surface area (TPSA) is 51.0 Å². The number of alkyl halides is 1. The molecule has 0 aliphatic rings. The predicted molar refractivity (Wildman–Crippen MR) is 84.5 cm³/mol. The lowest BCUT2D eigenvalue weighted by Gasteiger charge is -2.24. The van der Waals surface area contributed by atoms with Gasteiger partial charge in [-0.05, 0) is 39.3 Å². The summed E-state index contributed by atoms with van der Waals surface area (Å²) in [6.45, 7) is 9.19. The SMILES string of the molecule is CCN(CC)C(=O)C(C)n1c(CCl)nc2c(C)ccnc21. The van der Waals surface area contributed by atoms with Crippen molar-refractivity contribution in [1.29, 1.82) is 0 Å². The molecule has 0 radical (unpaired) electrons. The number of fused-ring (bicyclic) bond motifs is 1. The minimum Gasteiger partial charge on any atom is -0.341 e. The van der Waals surface area contributed by atoms with E-state index in [0.717, 1.165) is 16.7 Å². The number of rotatable bonds is 5. The molecule has 0 aliphatic heterocycles. The number of hydrogen-bond donors (Lipinski definition) is 0. The Hall–Kier alpha value is -1.62. The van der Waals surface area contributed by atoms with Gasteiger partial charge in [0.15, 0.2) is 5.65 Å². The fraction of sp³-hybridized carbons (Fsp3) is 0.533. The molecule has 6 heteroatoms. The predicted octanol–water partition coefficient (Wildman–Crippen LogP) is 2.91. The van der Waals surface area contributed by atoms with Crippen LogP contribution in [0.5, 0.6) is 0 Å². The first-order valence-electron chi connectivity index (χ1n) is 7.22. The van der Waals surface area contributed by atoms with Crippen molar-refractivity contribution >= 4 is 28.7 Å². The number of carbonyl (C=O) groups is 1. The first kappa shape index (κ1) is 15.8. The van der Waals surface area contributed by atoms with Crippen LogP contribution in [0.25, 0.3) is 11.2 Å². The van der Waals surface area contributed by atoms with Crippen molar-refractivity contribution in [3.05, 3.63) is 23.7 Å². The Morgan fingerprint density at radius 1 is 1.43 bits per heavy atom. The smallest absolute Gasteiger partial charge is 0.245 e. The van der Waals surface area contributed by atoms with E-state index in [1.54, 1.807) is 6.20 Å². The van der Waals surface area contributed by atoms with Crippen molar-refractivity contribution in [3.63, 3.8) is 0 Å². The summed E-state index contributed by atoms with van der Waals surface area (Å²) in [5.41, 5.74) is 2.57. The fourth-order valence-electron chi connectivity index (χ4n) is 2.57. The standard InChI is InChI=1S/C15H21ClN4O/c1-5-19(6-2)15(21)11(4)20-12(9-16)18-13-10(3)7-8-17-14(13)20/h7-8,11H,5-6,9H2,1-4H3. The summed E-state index contributed by atoms with van der Waals surface area (Å²) in [5, 5.41) is 0.